The Labute approximate surface area is 304 Å². The molecule has 12 fully saturated rings. The molecule has 0 saturated heterocycles. The molecule has 0 radical (unpaired) electrons. The highest BCUT2D eigenvalue weighted by Crippen LogP contribution is 2.67. The van der Waals surface area contributed by atoms with Crippen LogP contribution in [-0.4, -0.2) is 21.4 Å². The molecule has 51 heavy (non-hydrogen) atoms. The fraction of sp³-hybridized carbons (Fsp3) is 0.721. The molecule has 1 atom stereocenters. The summed E-state index contributed by atoms with van der Waals surface area (Å²) in [6.45, 7) is 0. The third kappa shape index (κ3) is 5.10. The molecule has 274 valence electrons. The Balaban J connectivity index is 1.16. The minimum absolute atomic E-state index is 0.0639. The number of hydrogen-bond donors (Lipinski definition) is 0. The van der Waals surface area contributed by atoms with Crippen LogP contribution in [0.2, 0.25) is 0 Å². The second-order valence-electron chi connectivity index (χ2n) is 20.3. The van der Waals surface area contributed by atoms with Crippen LogP contribution in [0.5, 0.6) is 0 Å². The summed E-state index contributed by atoms with van der Waals surface area (Å²) in [5.41, 5.74) is 0.827. The van der Waals surface area contributed by atoms with Gasteiger partial charge in [-0.1, -0.05) is 42.5 Å². The fourth-order valence-electron chi connectivity index (χ4n) is 16.4. The zero-order valence-electron chi connectivity index (χ0n) is 29.8. The average Bonchev–Trinajstić information content (AvgIpc) is 3.05. The summed E-state index contributed by atoms with van der Waals surface area (Å²) in [5.74, 6) is 5.96. The van der Waals surface area contributed by atoms with Gasteiger partial charge in [-0.05, 0) is 207 Å². The van der Waals surface area contributed by atoms with E-state index >= 15 is 8.42 Å². The van der Waals surface area contributed by atoms with Crippen LogP contribution in [0.25, 0.3) is 0 Å². The van der Waals surface area contributed by atoms with Crippen LogP contribution in [0.4, 0.5) is 0 Å². The van der Waals surface area contributed by atoms with Crippen molar-refractivity contribution in [3.8, 4) is 0 Å². The van der Waals surface area contributed by atoms with Crippen LogP contribution >= 0.6 is 0 Å². The molecule has 0 heterocycles. The summed E-state index contributed by atoms with van der Waals surface area (Å²) in [4.78, 5) is 0.282. The zero-order chi connectivity index (χ0) is 34.5. The van der Waals surface area contributed by atoms with Crippen molar-refractivity contribution in [1.82, 2.24) is 0 Å². The largest absolute Gasteiger partial charge is 0.746 e. The summed E-state index contributed by atoms with van der Waals surface area (Å²) in [6.07, 6.45) is 21.3. The molecule has 12 aliphatic carbocycles. The molecule has 12 saturated carbocycles. The molecule has 2 aromatic carbocycles. The Morgan fingerprint density at radius 2 is 0.863 bits per heavy atom. The smallest absolute Gasteiger partial charge is 0.299 e. The standard InChI is InChI=1S/C43H54O6S2/c44-50(45,46)40(35-4-2-1-3-5-35)49-51(47,48)39-37(42-20-29-9-30(21-42)11-31(10-29)22-42)15-36(41-17-26-6-27(18-41)8-28(7-26)19-41)16-38(39)43-23-32-12-33(24-43)14-34(13-32)25-43/h1-5,15-16,26-34,40H,6-14,17-25H2,(H,44,45,46)/p-1. The van der Waals surface area contributed by atoms with Crippen LogP contribution in [-0.2, 0) is 40.7 Å². The van der Waals surface area contributed by atoms with Crippen molar-refractivity contribution in [2.24, 2.45) is 53.3 Å². The Morgan fingerprint density at radius 1 is 0.529 bits per heavy atom. The third-order valence-electron chi connectivity index (χ3n) is 16.8. The molecule has 0 spiro atoms. The van der Waals surface area contributed by atoms with Gasteiger partial charge in [0.1, 0.15) is 15.0 Å². The van der Waals surface area contributed by atoms with Crippen molar-refractivity contribution in [2.75, 3.05) is 0 Å². The average molecular weight is 730 g/mol. The van der Waals surface area contributed by atoms with Gasteiger partial charge in [0.15, 0.2) is 5.44 Å². The van der Waals surface area contributed by atoms with Crippen LogP contribution in [0.1, 0.15) is 143 Å². The SMILES string of the molecule is O=S(=O)(OC(c1ccccc1)S(=O)(=O)[O-])c1c(C23CC4CC(CC(C4)C2)C3)cc(C23CC4CC(CC(C4)C2)C3)cc1C12CC3CC(CC(C3)C1)C2. The van der Waals surface area contributed by atoms with E-state index in [0.29, 0.717) is 35.5 Å². The monoisotopic (exact) mass is 729 g/mol. The molecule has 6 nitrogen and oxygen atoms in total. The summed E-state index contributed by atoms with van der Waals surface area (Å²) in [7, 11) is -9.86. The Kier molecular flexibility index (Phi) is 7.01. The predicted molar refractivity (Wildman–Crippen MR) is 193 cm³/mol. The van der Waals surface area contributed by atoms with Crippen molar-refractivity contribution in [1.29, 1.82) is 0 Å². The molecular weight excluding hydrogens is 677 g/mol. The molecule has 0 aliphatic heterocycles. The van der Waals surface area contributed by atoms with Gasteiger partial charge in [0.05, 0.1) is 0 Å². The molecule has 12 bridgehead atoms. The van der Waals surface area contributed by atoms with Gasteiger partial charge in [-0.25, -0.2) is 12.6 Å². The molecule has 1 unspecified atom stereocenters. The van der Waals surface area contributed by atoms with Crippen molar-refractivity contribution >= 4 is 20.2 Å². The Bertz CT molecular complexity index is 1810. The first-order valence-electron chi connectivity index (χ1n) is 20.5. The van der Waals surface area contributed by atoms with E-state index in [4.69, 9.17) is 4.18 Å². The lowest BCUT2D eigenvalue weighted by atomic mass is 9.45. The summed E-state index contributed by atoms with van der Waals surface area (Å²) >= 11 is 0. The highest BCUT2D eigenvalue weighted by atomic mass is 32.2. The second kappa shape index (κ2) is 10.9. The normalized spacial score (nSPS) is 45.1. The first kappa shape index (κ1) is 32.7. The van der Waals surface area contributed by atoms with Crippen molar-refractivity contribution in [3.05, 3.63) is 64.7 Å². The topological polar surface area (TPSA) is 101 Å². The predicted octanol–water partition coefficient (Wildman–Crippen LogP) is 9.04. The van der Waals surface area contributed by atoms with Gasteiger partial charge in [0.25, 0.3) is 10.1 Å². The first-order chi connectivity index (χ1) is 24.4. The highest BCUT2D eigenvalue weighted by Gasteiger charge is 2.59. The number of rotatable bonds is 8. The third-order valence-corrected chi connectivity index (χ3v) is 19.2. The summed E-state index contributed by atoms with van der Waals surface area (Å²) in [5, 5.41) is 0. The van der Waals surface area contributed by atoms with E-state index in [9.17, 15) is 13.0 Å². The lowest BCUT2D eigenvalue weighted by molar-refractivity contribution is -0.0138. The van der Waals surface area contributed by atoms with Crippen molar-refractivity contribution < 1.29 is 25.6 Å². The van der Waals surface area contributed by atoms with E-state index in [2.05, 4.69) is 12.1 Å². The van der Waals surface area contributed by atoms with Gasteiger partial charge in [-0.2, -0.15) is 8.42 Å². The maximum atomic E-state index is 15.4. The van der Waals surface area contributed by atoms with E-state index in [1.165, 1.54) is 94.7 Å². The van der Waals surface area contributed by atoms with Gasteiger partial charge in [-0.3, -0.25) is 0 Å². The quantitative estimate of drug-likeness (QED) is 0.199. The molecule has 2 aromatic rings. The van der Waals surface area contributed by atoms with Gasteiger partial charge in [0.2, 0.25) is 0 Å². The van der Waals surface area contributed by atoms with Crippen LogP contribution in [0.15, 0.2) is 47.4 Å². The maximum absolute atomic E-state index is 15.4. The summed E-state index contributed by atoms with van der Waals surface area (Å²) in [6, 6.07) is 12.7. The van der Waals surface area contributed by atoms with Gasteiger partial charge >= 0.3 is 0 Å². The molecule has 8 heteroatoms. The van der Waals surface area contributed by atoms with E-state index in [1.54, 1.807) is 18.2 Å². The van der Waals surface area contributed by atoms with E-state index < -0.39 is 25.7 Å². The van der Waals surface area contributed by atoms with Gasteiger partial charge < -0.3 is 4.55 Å². The molecular formula is C43H53O6S2-. The van der Waals surface area contributed by atoms with Crippen molar-refractivity contribution in [2.45, 2.75) is 142 Å². The minimum Gasteiger partial charge on any atom is -0.746 e. The fourth-order valence-corrected chi connectivity index (χ4v) is 19.1. The van der Waals surface area contributed by atoms with Crippen molar-refractivity contribution in [3.63, 3.8) is 0 Å². The van der Waals surface area contributed by atoms with E-state index in [0.717, 1.165) is 67.4 Å². The lowest BCUT2D eigenvalue weighted by Crippen LogP contribution is -2.52. The molecule has 12 aliphatic rings. The molecule has 0 aromatic heterocycles. The van der Waals surface area contributed by atoms with Gasteiger partial charge in [-0.15, -0.1) is 0 Å². The lowest BCUT2D eigenvalue weighted by Gasteiger charge is -2.60. The Hall–Kier alpha value is -1.74. The minimum atomic E-state index is -5.17. The molecule has 14 rings (SSSR count). The molecule has 0 amide bonds. The molecule has 0 N–H and O–H groups in total. The number of benzene rings is 2. The van der Waals surface area contributed by atoms with Crippen LogP contribution in [0, 0.1) is 53.3 Å². The van der Waals surface area contributed by atoms with Crippen LogP contribution < -0.4 is 0 Å². The van der Waals surface area contributed by atoms with Crippen LogP contribution in [0.3, 0.4) is 0 Å². The van der Waals surface area contributed by atoms with E-state index in [1.807, 2.05) is 0 Å². The second-order valence-corrected chi connectivity index (χ2v) is 23.2. The summed E-state index contributed by atoms with van der Waals surface area (Å²) < 4.78 is 75.6. The Morgan fingerprint density at radius 3 is 1.20 bits per heavy atom. The van der Waals surface area contributed by atoms with Gasteiger partial charge in [0, 0.05) is 0 Å². The highest BCUT2D eigenvalue weighted by molar-refractivity contribution is 7.89. The number of hydrogen-bond acceptors (Lipinski definition) is 6. The first-order valence-corrected chi connectivity index (χ1v) is 23.4. The zero-order valence-corrected chi connectivity index (χ0v) is 31.4. The van der Waals surface area contributed by atoms with E-state index in [-0.39, 0.29) is 26.7 Å². The maximum Gasteiger partial charge on any atom is 0.299 e.